The van der Waals surface area contributed by atoms with E-state index in [1.807, 2.05) is 18.3 Å². The monoisotopic (exact) mass is 327 g/mol. The maximum absolute atomic E-state index is 12.0. The van der Waals surface area contributed by atoms with Crippen molar-refractivity contribution in [2.75, 3.05) is 18.8 Å². The molecule has 0 radical (unpaired) electrons. The lowest BCUT2D eigenvalue weighted by molar-refractivity contribution is -0.118. The quantitative estimate of drug-likeness (QED) is 0.855. The van der Waals surface area contributed by atoms with Gasteiger partial charge in [-0.1, -0.05) is 30.3 Å². The van der Waals surface area contributed by atoms with Crippen molar-refractivity contribution >= 4 is 17.7 Å². The van der Waals surface area contributed by atoms with Gasteiger partial charge in [-0.15, -0.1) is 11.8 Å². The van der Waals surface area contributed by atoms with Crippen LogP contribution in [0, 0.1) is 0 Å². The van der Waals surface area contributed by atoms with Gasteiger partial charge in [-0.25, -0.2) is 0 Å². The average molecular weight is 327 g/mol. The van der Waals surface area contributed by atoms with Gasteiger partial charge in [-0.05, 0) is 35.7 Å². The molecule has 120 valence electrons. The molecule has 1 unspecified atom stereocenters. The Kier molecular flexibility index (Phi) is 5.66. The summed E-state index contributed by atoms with van der Waals surface area (Å²) < 4.78 is 0. The molecule has 0 aliphatic carbocycles. The number of amides is 1. The number of benzene rings is 1. The Bertz CT molecular complexity index is 648. The van der Waals surface area contributed by atoms with Gasteiger partial charge >= 0.3 is 0 Å². The summed E-state index contributed by atoms with van der Waals surface area (Å²) in [5.74, 6) is 1.37. The number of carbonyl (C=O) groups excluding carboxylic acids is 1. The minimum Gasteiger partial charge on any atom is -0.353 e. The zero-order valence-corrected chi connectivity index (χ0v) is 13.8. The van der Waals surface area contributed by atoms with Crippen molar-refractivity contribution in [3.05, 3.63) is 65.5 Å². The van der Waals surface area contributed by atoms with Gasteiger partial charge in [-0.3, -0.25) is 9.78 Å². The summed E-state index contributed by atoms with van der Waals surface area (Å²) in [6, 6.07) is 12.6. The number of nitrogens with zero attached hydrogens (tertiary/aromatic N) is 1. The molecule has 0 fully saturated rings. The zero-order chi connectivity index (χ0) is 15.9. The van der Waals surface area contributed by atoms with E-state index in [1.165, 1.54) is 11.1 Å². The topological polar surface area (TPSA) is 54.0 Å². The highest BCUT2D eigenvalue weighted by Gasteiger charge is 2.19. The molecule has 1 aliphatic heterocycles. The first-order chi connectivity index (χ1) is 11.3. The number of aromatic nitrogens is 1. The van der Waals surface area contributed by atoms with Gasteiger partial charge in [0.25, 0.3) is 0 Å². The van der Waals surface area contributed by atoms with Gasteiger partial charge in [0.2, 0.25) is 5.91 Å². The third-order valence-electron chi connectivity index (χ3n) is 3.94. The number of nitrogens with one attached hydrogen (secondary N) is 2. The Morgan fingerprint density at radius 2 is 2.22 bits per heavy atom. The molecule has 2 aromatic rings. The third kappa shape index (κ3) is 4.56. The molecule has 0 saturated carbocycles. The SMILES string of the molecule is O=C(CSCc1cccnc1)NCC1NCCc2ccccc21. The normalized spacial score (nSPS) is 16.6. The van der Waals surface area contributed by atoms with Crippen LogP contribution in [-0.4, -0.2) is 29.7 Å². The molecule has 2 heterocycles. The van der Waals surface area contributed by atoms with Crippen molar-refractivity contribution in [3.8, 4) is 0 Å². The Labute approximate surface area is 141 Å². The number of hydrogen-bond donors (Lipinski definition) is 2. The third-order valence-corrected chi connectivity index (χ3v) is 4.95. The molecule has 1 amide bonds. The summed E-state index contributed by atoms with van der Waals surface area (Å²) >= 11 is 1.61. The van der Waals surface area contributed by atoms with Crippen molar-refractivity contribution in [3.63, 3.8) is 0 Å². The van der Waals surface area contributed by atoms with Crippen molar-refractivity contribution in [2.45, 2.75) is 18.2 Å². The Balaban J connectivity index is 1.43. The Hall–Kier alpha value is -1.85. The maximum atomic E-state index is 12.0. The highest BCUT2D eigenvalue weighted by molar-refractivity contribution is 7.99. The molecule has 23 heavy (non-hydrogen) atoms. The summed E-state index contributed by atoms with van der Waals surface area (Å²) in [4.78, 5) is 16.1. The van der Waals surface area contributed by atoms with Gasteiger partial charge in [0.15, 0.2) is 0 Å². The van der Waals surface area contributed by atoms with Crippen LogP contribution in [0.5, 0.6) is 0 Å². The molecule has 1 atom stereocenters. The first-order valence-corrected chi connectivity index (χ1v) is 9.03. The summed E-state index contributed by atoms with van der Waals surface area (Å²) in [7, 11) is 0. The first-order valence-electron chi connectivity index (χ1n) is 7.87. The molecule has 5 heteroatoms. The van der Waals surface area contributed by atoms with Gasteiger partial charge in [0, 0.05) is 30.7 Å². The standard InChI is InChI=1S/C18H21N3OS/c22-18(13-23-12-14-4-3-8-19-10-14)21-11-17-16-6-2-1-5-15(16)7-9-20-17/h1-6,8,10,17,20H,7,9,11-13H2,(H,21,22). The molecule has 1 aromatic heterocycles. The molecule has 1 aromatic carbocycles. The molecular formula is C18H21N3OS. The summed E-state index contributed by atoms with van der Waals surface area (Å²) in [6.45, 7) is 1.61. The molecule has 0 spiro atoms. The highest BCUT2D eigenvalue weighted by Crippen LogP contribution is 2.21. The lowest BCUT2D eigenvalue weighted by Crippen LogP contribution is -2.39. The molecule has 0 saturated heterocycles. The van der Waals surface area contributed by atoms with E-state index in [-0.39, 0.29) is 11.9 Å². The van der Waals surface area contributed by atoms with Crippen LogP contribution in [-0.2, 0) is 17.0 Å². The van der Waals surface area contributed by atoms with E-state index in [0.717, 1.165) is 24.3 Å². The number of fused-ring (bicyclic) bond motifs is 1. The zero-order valence-electron chi connectivity index (χ0n) is 13.0. The van der Waals surface area contributed by atoms with Crippen molar-refractivity contribution in [1.29, 1.82) is 0 Å². The smallest absolute Gasteiger partial charge is 0.230 e. The van der Waals surface area contributed by atoms with Crippen LogP contribution in [0.15, 0.2) is 48.8 Å². The second-order valence-corrected chi connectivity index (χ2v) is 6.60. The molecule has 1 aliphatic rings. The number of thioether (sulfide) groups is 1. The lowest BCUT2D eigenvalue weighted by atomic mass is 9.94. The van der Waals surface area contributed by atoms with Crippen LogP contribution in [0.4, 0.5) is 0 Å². The predicted molar refractivity (Wildman–Crippen MR) is 94.3 cm³/mol. The number of pyridine rings is 1. The van der Waals surface area contributed by atoms with E-state index in [2.05, 4.69) is 39.9 Å². The average Bonchev–Trinajstić information content (AvgIpc) is 2.61. The van der Waals surface area contributed by atoms with E-state index in [0.29, 0.717) is 12.3 Å². The van der Waals surface area contributed by atoms with Gasteiger partial charge in [0.1, 0.15) is 0 Å². The number of rotatable bonds is 6. The number of carbonyl (C=O) groups is 1. The molecule has 3 rings (SSSR count). The van der Waals surface area contributed by atoms with Crippen LogP contribution in [0.2, 0.25) is 0 Å². The fraction of sp³-hybridized carbons (Fsp3) is 0.333. The van der Waals surface area contributed by atoms with E-state index in [1.54, 1.807) is 18.0 Å². The second kappa shape index (κ2) is 8.13. The van der Waals surface area contributed by atoms with Crippen molar-refractivity contribution < 1.29 is 4.79 Å². The van der Waals surface area contributed by atoms with Crippen molar-refractivity contribution in [2.24, 2.45) is 0 Å². The Morgan fingerprint density at radius 3 is 3.09 bits per heavy atom. The molecular weight excluding hydrogens is 306 g/mol. The molecule has 2 N–H and O–H groups in total. The fourth-order valence-electron chi connectivity index (χ4n) is 2.79. The largest absolute Gasteiger partial charge is 0.353 e. The summed E-state index contributed by atoms with van der Waals surface area (Å²) in [5.41, 5.74) is 3.84. The summed E-state index contributed by atoms with van der Waals surface area (Å²) in [6.07, 6.45) is 4.66. The van der Waals surface area contributed by atoms with Gasteiger partial charge in [-0.2, -0.15) is 0 Å². The van der Waals surface area contributed by atoms with E-state index >= 15 is 0 Å². The van der Waals surface area contributed by atoms with Crippen LogP contribution in [0.3, 0.4) is 0 Å². The van der Waals surface area contributed by atoms with Crippen LogP contribution in [0.1, 0.15) is 22.7 Å². The van der Waals surface area contributed by atoms with Gasteiger partial charge in [0.05, 0.1) is 5.75 Å². The minimum atomic E-state index is 0.0868. The fourth-order valence-corrected chi connectivity index (χ4v) is 3.58. The second-order valence-electron chi connectivity index (χ2n) is 5.61. The van der Waals surface area contributed by atoms with E-state index in [9.17, 15) is 4.79 Å². The first kappa shape index (κ1) is 16.0. The highest BCUT2D eigenvalue weighted by atomic mass is 32.2. The van der Waals surface area contributed by atoms with Gasteiger partial charge < -0.3 is 10.6 Å². The van der Waals surface area contributed by atoms with E-state index in [4.69, 9.17) is 0 Å². The van der Waals surface area contributed by atoms with E-state index < -0.39 is 0 Å². The van der Waals surface area contributed by atoms with Crippen LogP contribution in [0.25, 0.3) is 0 Å². The molecule has 0 bridgehead atoms. The Morgan fingerprint density at radius 1 is 1.30 bits per heavy atom. The lowest BCUT2D eigenvalue weighted by Gasteiger charge is -2.27. The molecule has 4 nitrogen and oxygen atoms in total. The predicted octanol–water partition coefficient (Wildman–Crippen LogP) is 2.32. The summed E-state index contributed by atoms with van der Waals surface area (Å²) in [5, 5.41) is 6.52. The van der Waals surface area contributed by atoms with Crippen molar-refractivity contribution in [1.82, 2.24) is 15.6 Å². The minimum absolute atomic E-state index is 0.0868. The number of hydrogen-bond acceptors (Lipinski definition) is 4. The van der Waals surface area contributed by atoms with Crippen LogP contribution < -0.4 is 10.6 Å². The maximum Gasteiger partial charge on any atom is 0.230 e. The van der Waals surface area contributed by atoms with Crippen LogP contribution >= 0.6 is 11.8 Å².